The maximum atomic E-state index is 13.4. The highest BCUT2D eigenvalue weighted by atomic mass is 19.1. The molecule has 2 rings (SSSR count). The number of hydrogen-bond donors (Lipinski definition) is 0. The molecule has 1 aromatic carbocycles. The summed E-state index contributed by atoms with van der Waals surface area (Å²) in [6, 6.07) is 4.23. The number of cyclic esters (lactones) is 2. The summed E-state index contributed by atoms with van der Waals surface area (Å²) in [6.45, 7) is -0.144. The number of halogens is 1. The van der Waals surface area contributed by atoms with Gasteiger partial charge in [-0.3, -0.25) is 0 Å². The van der Waals surface area contributed by atoms with E-state index < -0.39 is 17.8 Å². The Bertz CT molecular complexity index is 459. The van der Waals surface area contributed by atoms with Crippen molar-refractivity contribution in [1.29, 1.82) is 0 Å². The molecule has 17 heavy (non-hydrogen) atoms. The predicted molar refractivity (Wildman–Crippen MR) is 56.3 cm³/mol. The van der Waals surface area contributed by atoms with Gasteiger partial charge in [0.25, 0.3) is 0 Å². The Morgan fingerprint density at radius 3 is 2.47 bits per heavy atom. The van der Waals surface area contributed by atoms with Crippen molar-refractivity contribution in [2.24, 2.45) is 0 Å². The summed E-state index contributed by atoms with van der Waals surface area (Å²) in [6.07, 6.45) is 0. The second-order valence-electron chi connectivity index (χ2n) is 3.52. The molecule has 0 N–H and O–H groups in total. The van der Waals surface area contributed by atoms with E-state index in [2.05, 4.69) is 4.74 Å². The van der Waals surface area contributed by atoms with Gasteiger partial charge >= 0.3 is 11.9 Å². The van der Waals surface area contributed by atoms with E-state index in [1.165, 1.54) is 24.1 Å². The van der Waals surface area contributed by atoms with Gasteiger partial charge in [-0.05, 0) is 12.1 Å². The molecular formula is C11H10FNO4. The summed E-state index contributed by atoms with van der Waals surface area (Å²) in [7, 11) is 1.36. The Labute approximate surface area is 96.7 Å². The van der Waals surface area contributed by atoms with Crippen LogP contribution in [0.4, 0.5) is 10.1 Å². The van der Waals surface area contributed by atoms with Crippen molar-refractivity contribution in [2.75, 3.05) is 25.1 Å². The van der Waals surface area contributed by atoms with Crippen LogP contribution in [-0.2, 0) is 14.3 Å². The van der Waals surface area contributed by atoms with Gasteiger partial charge in [0.05, 0.1) is 7.11 Å². The summed E-state index contributed by atoms with van der Waals surface area (Å²) >= 11 is 0. The van der Waals surface area contributed by atoms with E-state index in [1.807, 2.05) is 0 Å². The molecule has 1 heterocycles. The Kier molecular flexibility index (Phi) is 2.95. The molecule has 0 unspecified atom stereocenters. The van der Waals surface area contributed by atoms with Crippen LogP contribution in [0.25, 0.3) is 0 Å². The summed E-state index contributed by atoms with van der Waals surface area (Å²) in [4.78, 5) is 23.6. The fraction of sp³-hybridized carbons (Fsp3) is 0.273. The lowest BCUT2D eigenvalue weighted by atomic mass is 10.2. The first kappa shape index (κ1) is 11.4. The zero-order valence-corrected chi connectivity index (χ0v) is 9.10. The lowest BCUT2D eigenvalue weighted by molar-refractivity contribution is -0.160. The van der Waals surface area contributed by atoms with E-state index >= 15 is 0 Å². The van der Waals surface area contributed by atoms with E-state index in [-0.39, 0.29) is 18.8 Å². The van der Waals surface area contributed by atoms with Crippen LogP contribution in [0.1, 0.15) is 0 Å². The minimum Gasteiger partial charge on any atom is -0.494 e. The highest BCUT2D eigenvalue weighted by molar-refractivity contribution is 5.94. The highest BCUT2D eigenvalue weighted by Crippen LogP contribution is 2.24. The number of methoxy groups -OCH3 is 1. The Morgan fingerprint density at radius 2 is 1.94 bits per heavy atom. The molecule has 6 heteroatoms. The number of morpholine rings is 1. The summed E-state index contributed by atoms with van der Waals surface area (Å²) in [5.74, 6) is -1.72. The Balaban J connectivity index is 2.25. The maximum Gasteiger partial charge on any atom is 0.333 e. The maximum absolute atomic E-state index is 13.4. The second-order valence-corrected chi connectivity index (χ2v) is 3.52. The van der Waals surface area contributed by atoms with Crippen LogP contribution in [0, 0.1) is 5.82 Å². The number of hydrogen-bond acceptors (Lipinski definition) is 5. The summed E-state index contributed by atoms with van der Waals surface area (Å²) in [5, 5.41) is 0. The summed E-state index contributed by atoms with van der Waals surface area (Å²) < 4.78 is 22.6. The summed E-state index contributed by atoms with van der Waals surface area (Å²) in [5.41, 5.74) is 0.438. The van der Waals surface area contributed by atoms with Gasteiger partial charge < -0.3 is 14.4 Å². The quantitative estimate of drug-likeness (QED) is 0.562. The monoisotopic (exact) mass is 239 g/mol. The number of carbonyl (C=O) groups is 2. The van der Waals surface area contributed by atoms with Gasteiger partial charge in [0, 0.05) is 11.8 Å². The SMILES string of the molecule is COc1ccc(N2CC(=O)OC(=O)C2)cc1F. The largest absolute Gasteiger partial charge is 0.494 e. The van der Waals surface area contributed by atoms with E-state index in [1.54, 1.807) is 6.07 Å². The molecule has 1 saturated heterocycles. The molecule has 0 bridgehead atoms. The Morgan fingerprint density at radius 1 is 1.29 bits per heavy atom. The standard InChI is InChI=1S/C11H10FNO4/c1-16-9-3-2-7(4-8(9)12)13-5-10(14)17-11(15)6-13/h2-4H,5-6H2,1H3. The van der Waals surface area contributed by atoms with Gasteiger partial charge in [-0.2, -0.15) is 0 Å². The number of ether oxygens (including phenoxy) is 2. The van der Waals surface area contributed by atoms with Gasteiger partial charge in [0.15, 0.2) is 11.6 Å². The van der Waals surface area contributed by atoms with Crippen LogP contribution in [0.5, 0.6) is 5.75 Å². The molecule has 0 radical (unpaired) electrons. The fourth-order valence-electron chi connectivity index (χ4n) is 1.59. The molecule has 1 aliphatic heterocycles. The molecule has 5 nitrogen and oxygen atoms in total. The zero-order valence-electron chi connectivity index (χ0n) is 9.10. The molecule has 90 valence electrons. The lowest BCUT2D eigenvalue weighted by Gasteiger charge is -2.26. The lowest BCUT2D eigenvalue weighted by Crippen LogP contribution is -2.43. The van der Waals surface area contributed by atoms with Crippen molar-refractivity contribution in [3.05, 3.63) is 24.0 Å². The molecule has 1 aliphatic rings. The van der Waals surface area contributed by atoms with Crippen LogP contribution in [0.2, 0.25) is 0 Å². The first-order valence-corrected chi connectivity index (χ1v) is 4.92. The van der Waals surface area contributed by atoms with Gasteiger partial charge in [-0.25, -0.2) is 14.0 Å². The second kappa shape index (κ2) is 4.40. The molecule has 0 amide bonds. The normalized spacial score (nSPS) is 15.8. The van der Waals surface area contributed by atoms with Crippen LogP contribution in [0.15, 0.2) is 18.2 Å². The Hall–Kier alpha value is -2.11. The van der Waals surface area contributed by atoms with E-state index in [9.17, 15) is 14.0 Å². The van der Waals surface area contributed by atoms with Crippen LogP contribution >= 0.6 is 0 Å². The van der Waals surface area contributed by atoms with Gasteiger partial charge in [-0.15, -0.1) is 0 Å². The van der Waals surface area contributed by atoms with E-state index in [0.29, 0.717) is 5.69 Å². The smallest absolute Gasteiger partial charge is 0.333 e. The topological polar surface area (TPSA) is 55.8 Å². The molecule has 0 atom stereocenters. The highest BCUT2D eigenvalue weighted by Gasteiger charge is 2.25. The number of benzene rings is 1. The number of carbonyl (C=O) groups excluding carboxylic acids is 2. The minimum atomic E-state index is -0.641. The first-order chi connectivity index (χ1) is 8.10. The molecule has 0 aliphatic carbocycles. The van der Waals surface area contributed by atoms with E-state index in [4.69, 9.17) is 4.74 Å². The predicted octanol–water partition coefficient (Wildman–Crippen LogP) is 0.724. The van der Waals surface area contributed by atoms with Gasteiger partial charge in [0.1, 0.15) is 13.1 Å². The van der Waals surface area contributed by atoms with Gasteiger partial charge in [-0.1, -0.05) is 0 Å². The number of rotatable bonds is 2. The van der Waals surface area contributed by atoms with Crippen molar-refractivity contribution in [2.45, 2.75) is 0 Å². The number of anilines is 1. The molecule has 1 fully saturated rings. The van der Waals surface area contributed by atoms with Gasteiger partial charge in [0.2, 0.25) is 0 Å². The average Bonchev–Trinajstić information content (AvgIpc) is 2.27. The van der Waals surface area contributed by atoms with Crippen LogP contribution in [0.3, 0.4) is 0 Å². The molecule has 1 aromatic rings. The van der Waals surface area contributed by atoms with E-state index in [0.717, 1.165) is 0 Å². The average molecular weight is 239 g/mol. The van der Waals surface area contributed by atoms with Crippen molar-refractivity contribution in [3.8, 4) is 5.75 Å². The van der Waals surface area contributed by atoms with Crippen molar-refractivity contribution >= 4 is 17.6 Å². The molecular weight excluding hydrogens is 229 g/mol. The molecule has 0 spiro atoms. The molecule has 0 aromatic heterocycles. The minimum absolute atomic E-state index is 0.0719. The first-order valence-electron chi connectivity index (χ1n) is 4.92. The van der Waals surface area contributed by atoms with Crippen molar-refractivity contribution in [1.82, 2.24) is 0 Å². The third-order valence-electron chi connectivity index (χ3n) is 2.37. The van der Waals surface area contributed by atoms with Crippen molar-refractivity contribution < 1.29 is 23.5 Å². The fourth-order valence-corrected chi connectivity index (χ4v) is 1.59. The number of nitrogens with zero attached hydrogens (tertiary/aromatic N) is 1. The third kappa shape index (κ3) is 2.35. The molecule has 0 saturated carbocycles. The van der Waals surface area contributed by atoms with Crippen molar-refractivity contribution in [3.63, 3.8) is 0 Å². The van der Waals surface area contributed by atoms with Crippen LogP contribution in [-0.4, -0.2) is 32.1 Å². The van der Waals surface area contributed by atoms with Crippen LogP contribution < -0.4 is 9.64 Å². The third-order valence-corrected chi connectivity index (χ3v) is 2.37. The number of esters is 2. The zero-order chi connectivity index (χ0) is 12.4.